The number of carbonyl (C=O) groups excluding carboxylic acids is 1. The van der Waals surface area contributed by atoms with Crippen molar-refractivity contribution in [2.45, 2.75) is 6.92 Å². The third-order valence-electron chi connectivity index (χ3n) is 2.70. The summed E-state index contributed by atoms with van der Waals surface area (Å²) in [5.74, 6) is -0.988. The van der Waals surface area contributed by atoms with Gasteiger partial charge >= 0.3 is 12.0 Å². The minimum absolute atomic E-state index is 0.176. The molecule has 0 aliphatic rings. The van der Waals surface area contributed by atoms with Gasteiger partial charge in [0.2, 0.25) is 0 Å². The Labute approximate surface area is 100 Å². The molecule has 17 heavy (non-hydrogen) atoms. The molecule has 1 atom stereocenters. The minimum Gasteiger partial charge on any atom is -0.477 e. The summed E-state index contributed by atoms with van der Waals surface area (Å²) in [5, 5.41) is 11.5. The number of para-hydroxylation sites is 1. The predicted molar refractivity (Wildman–Crippen MR) is 64.7 cm³/mol. The topological polar surface area (TPSA) is 66.4 Å². The number of carboxylic acid groups (broad SMARTS) is 1. The highest BCUT2D eigenvalue weighted by Gasteiger charge is 2.32. The maximum atomic E-state index is 12.0. The van der Waals surface area contributed by atoms with Gasteiger partial charge in [0.25, 0.3) is 0 Å². The van der Waals surface area contributed by atoms with Crippen molar-refractivity contribution in [2.24, 2.45) is 0 Å². The number of nitrogens with one attached hydrogen (secondary N) is 1. The highest BCUT2D eigenvalue weighted by molar-refractivity contribution is 5.85. The molecule has 2 amide bonds. The van der Waals surface area contributed by atoms with Gasteiger partial charge in [0, 0.05) is 5.69 Å². The van der Waals surface area contributed by atoms with Crippen LogP contribution in [0.15, 0.2) is 30.3 Å². The molecule has 0 saturated carbocycles. The van der Waals surface area contributed by atoms with Crippen molar-refractivity contribution in [3.63, 3.8) is 0 Å². The van der Waals surface area contributed by atoms with Crippen LogP contribution in [0.2, 0.25) is 0 Å². The van der Waals surface area contributed by atoms with Crippen LogP contribution in [0.25, 0.3) is 0 Å². The molecule has 1 aromatic rings. The molecule has 1 rings (SSSR count). The highest BCUT2D eigenvalue weighted by atomic mass is 16.4. The normalized spacial score (nSPS) is 13.8. The number of rotatable bonds is 4. The number of hydrogen-bond acceptors (Lipinski definition) is 2. The van der Waals surface area contributed by atoms with E-state index in [1.54, 1.807) is 26.1 Å². The van der Waals surface area contributed by atoms with E-state index in [9.17, 15) is 9.59 Å². The molecule has 0 saturated heterocycles. The van der Waals surface area contributed by atoms with E-state index in [0.29, 0.717) is 12.2 Å². The van der Waals surface area contributed by atoms with E-state index in [1.165, 1.54) is 0 Å². The van der Waals surface area contributed by atoms with E-state index in [2.05, 4.69) is 5.32 Å². The molecule has 0 aromatic heterocycles. The third kappa shape index (κ3) is 3.57. The van der Waals surface area contributed by atoms with Crippen LogP contribution in [-0.4, -0.2) is 41.7 Å². The predicted octanol–water partition coefficient (Wildman–Crippen LogP) is 1.77. The van der Waals surface area contributed by atoms with E-state index in [4.69, 9.17) is 5.11 Å². The Morgan fingerprint density at radius 1 is 1.29 bits per heavy atom. The zero-order valence-corrected chi connectivity index (χ0v) is 10.0. The molecular weight excluding hydrogens is 220 g/mol. The van der Waals surface area contributed by atoms with Crippen molar-refractivity contribution in [1.29, 1.82) is 0 Å². The van der Waals surface area contributed by atoms with E-state index in [1.807, 2.05) is 18.2 Å². The van der Waals surface area contributed by atoms with Gasteiger partial charge in [-0.05, 0) is 19.1 Å². The number of carbonyl (C=O) groups is 2. The molecule has 0 heterocycles. The van der Waals surface area contributed by atoms with Gasteiger partial charge in [-0.2, -0.15) is 0 Å². The highest BCUT2D eigenvalue weighted by Crippen LogP contribution is 2.10. The fourth-order valence-corrected chi connectivity index (χ4v) is 1.41. The molecule has 1 unspecified atom stereocenters. The Kier molecular flexibility index (Phi) is 4.23. The minimum atomic E-state index is -0.988. The number of urea groups is 1. The summed E-state index contributed by atoms with van der Waals surface area (Å²) >= 11 is 0. The van der Waals surface area contributed by atoms with Crippen LogP contribution < -0.4 is 5.32 Å². The zero-order valence-electron chi connectivity index (χ0n) is 10.0. The first-order valence-electron chi connectivity index (χ1n) is 5.41. The molecule has 0 aliphatic heterocycles. The summed E-state index contributed by atoms with van der Waals surface area (Å²) in [7, 11) is 1.60. The summed E-state index contributed by atoms with van der Waals surface area (Å²) in [6, 6.07) is 8.67. The summed E-state index contributed by atoms with van der Waals surface area (Å²) in [6.07, 6.45) is 0. The molecule has 0 aliphatic carbocycles. The van der Waals surface area contributed by atoms with Crippen LogP contribution in [0.4, 0.5) is 10.5 Å². The maximum Gasteiger partial charge on any atom is 0.421 e. The number of nitrogens with zero attached hydrogens (tertiary/aromatic N) is 1. The lowest BCUT2D eigenvalue weighted by Crippen LogP contribution is -2.54. The zero-order chi connectivity index (χ0) is 12.9. The number of benzene rings is 1. The van der Waals surface area contributed by atoms with Gasteiger partial charge in [-0.1, -0.05) is 18.2 Å². The van der Waals surface area contributed by atoms with Crippen LogP contribution in [0, 0.1) is 0 Å². The Bertz CT molecular complexity index is 405. The summed E-state index contributed by atoms with van der Waals surface area (Å²) in [5.41, 5.74) is 0.667. The number of aliphatic carboxylic acids is 1. The number of amides is 2. The first-order chi connectivity index (χ1) is 7.98. The van der Waals surface area contributed by atoms with E-state index < -0.39 is 5.97 Å². The number of hydrogen-bond donors (Lipinski definition) is 2. The first kappa shape index (κ1) is 13.2. The lowest BCUT2D eigenvalue weighted by atomic mass is 10.3. The van der Waals surface area contributed by atoms with Crippen LogP contribution in [0.3, 0.4) is 0 Å². The second-order valence-electron chi connectivity index (χ2n) is 4.06. The van der Waals surface area contributed by atoms with E-state index >= 15 is 0 Å². The Hall–Kier alpha value is -1.88. The van der Waals surface area contributed by atoms with Crippen LogP contribution in [0.5, 0.6) is 0 Å². The lowest BCUT2D eigenvalue weighted by Gasteiger charge is -2.28. The van der Waals surface area contributed by atoms with Gasteiger partial charge in [0.05, 0.1) is 13.6 Å². The summed E-state index contributed by atoms with van der Waals surface area (Å²) < 4.78 is -0.176. The fraction of sp³-hybridized carbons (Fsp3) is 0.333. The number of quaternary nitrogens is 1. The second-order valence-corrected chi connectivity index (χ2v) is 4.06. The standard InChI is InChI=1S/C12H16N2O3/c1-3-14(2,9-11(15)16)12(17)13-10-7-5-4-6-8-10/h4-8H,3,9H2,1-2H3,(H-,13,15,16,17)/p+1. The molecule has 0 spiro atoms. The molecule has 0 fully saturated rings. The smallest absolute Gasteiger partial charge is 0.421 e. The van der Waals surface area contributed by atoms with Crippen LogP contribution in [-0.2, 0) is 4.79 Å². The van der Waals surface area contributed by atoms with Gasteiger partial charge in [-0.3, -0.25) is 5.32 Å². The number of likely N-dealkylation sites (N-methyl/N-ethyl adjacent to an activating group) is 1. The molecule has 92 valence electrons. The Balaban J connectivity index is 2.77. The van der Waals surface area contributed by atoms with Crippen LogP contribution in [0.1, 0.15) is 6.92 Å². The number of carboxylic acids is 1. The molecule has 0 bridgehead atoms. The summed E-state index contributed by atoms with van der Waals surface area (Å²) in [6.45, 7) is 1.98. The number of anilines is 1. The molecule has 0 radical (unpaired) electrons. The monoisotopic (exact) mass is 237 g/mol. The van der Waals surface area contributed by atoms with Crippen molar-refractivity contribution >= 4 is 17.7 Å². The molecular formula is C12H17N2O3+. The van der Waals surface area contributed by atoms with Gasteiger partial charge in [-0.15, -0.1) is 0 Å². The van der Waals surface area contributed by atoms with Crippen molar-refractivity contribution in [2.75, 3.05) is 25.5 Å². The van der Waals surface area contributed by atoms with Gasteiger partial charge in [0.1, 0.15) is 0 Å². The maximum absolute atomic E-state index is 12.0. The molecule has 2 N–H and O–H groups in total. The van der Waals surface area contributed by atoms with E-state index in [0.717, 1.165) is 0 Å². The lowest BCUT2D eigenvalue weighted by molar-refractivity contribution is -0.818. The third-order valence-corrected chi connectivity index (χ3v) is 2.70. The average molecular weight is 237 g/mol. The Morgan fingerprint density at radius 3 is 2.35 bits per heavy atom. The van der Waals surface area contributed by atoms with Crippen LogP contribution >= 0.6 is 0 Å². The van der Waals surface area contributed by atoms with Crippen molar-refractivity contribution in [3.05, 3.63) is 30.3 Å². The largest absolute Gasteiger partial charge is 0.477 e. The average Bonchev–Trinajstić information content (AvgIpc) is 2.29. The van der Waals surface area contributed by atoms with Crippen molar-refractivity contribution in [1.82, 2.24) is 0 Å². The van der Waals surface area contributed by atoms with Gasteiger partial charge in [0.15, 0.2) is 6.54 Å². The van der Waals surface area contributed by atoms with Crippen molar-refractivity contribution in [3.8, 4) is 0 Å². The molecule has 5 heteroatoms. The fourth-order valence-electron chi connectivity index (χ4n) is 1.41. The van der Waals surface area contributed by atoms with Crippen molar-refractivity contribution < 1.29 is 19.2 Å². The quantitative estimate of drug-likeness (QED) is 0.784. The first-order valence-corrected chi connectivity index (χ1v) is 5.41. The summed E-state index contributed by atoms with van der Waals surface area (Å²) in [4.78, 5) is 22.7. The van der Waals surface area contributed by atoms with Gasteiger partial charge in [-0.25, -0.2) is 14.1 Å². The molecule has 1 aromatic carbocycles. The molecule has 5 nitrogen and oxygen atoms in total. The van der Waals surface area contributed by atoms with Gasteiger partial charge < -0.3 is 5.11 Å². The Morgan fingerprint density at radius 2 is 1.88 bits per heavy atom. The van der Waals surface area contributed by atoms with E-state index in [-0.39, 0.29) is 17.1 Å². The SMILES string of the molecule is CC[N+](C)(CC(=O)O)C(=O)Nc1ccccc1. The second kappa shape index (κ2) is 5.45.